The van der Waals surface area contributed by atoms with E-state index in [0.717, 1.165) is 5.69 Å². The summed E-state index contributed by atoms with van der Waals surface area (Å²) in [6.07, 6.45) is 0.431. The Morgan fingerprint density at radius 2 is 2.00 bits per heavy atom. The summed E-state index contributed by atoms with van der Waals surface area (Å²) in [7, 11) is 0. The summed E-state index contributed by atoms with van der Waals surface area (Å²) in [4.78, 5) is 26.8. The Bertz CT molecular complexity index is 478. The maximum atomic E-state index is 11.6. The number of carboxylic acids is 1. The molecule has 0 spiro atoms. The van der Waals surface area contributed by atoms with Crippen LogP contribution in [0.1, 0.15) is 37.6 Å². The molecule has 0 saturated heterocycles. The number of aryl methyl sites for hydroxylation is 2. The molecule has 1 heterocycles. The van der Waals surface area contributed by atoms with Gasteiger partial charge in [-0.25, -0.2) is 9.78 Å². The van der Waals surface area contributed by atoms with E-state index in [2.05, 4.69) is 15.6 Å². The fraction of sp³-hybridized carbons (Fsp3) is 0.615. The molecular weight excluding hydrogens is 262 g/mol. The highest BCUT2D eigenvalue weighted by atomic mass is 16.4. The molecule has 1 aromatic heterocycles. The Labute approximate surface area is 117 Å². The second kappa shape index (κ2) is 6.40. The van der Waals surface area contributed by atoms with Crippen molar-refractivity contribution in [2.75, 3.05) is 6.54 Å². The quantitative estimate of drug-likeness (QED) is 0.735. The number of carboxylic acid groups (broad SMARTS) is 1. The van der Waals surface area contributed by atoms with Crippen molar-refractivity contribution in [3.05, 3.63) is 17.3 Å². The maximum absolute atomic E-state index is 11.6. The first-order valence-corrected chi connectivity index (χ1v) is 6.46. The number of hydrogen-bond donors (Lipinski definition) is 3. The first-order valence-electron chi connectivity index (χ1n) is 6.46. The lowest BCUT2D eigenvalue weighted by molar-refractivity contribution is -0.147. The second-order valence-corrected chi connectivity index (χ2v) is 5.00. The largest absolute Gasteiger partial charge is 0.481 e. The van der Waals surface area contributed by atoms with Gasteiger partial charge in [0.25, 0.3) is 0 Å². The molecule has 0 aromatic carbocycles. The minimum absolute atomic E-state index is 0.0638. The molecule has 0 saturated carbocycles. The van der Waals surface area contributed by atoms with E-state index in [1.807, 2.05) is 6.92 Å². The normalized spacial score (nSPS) is 13.6. The van der Waals surface area contributed by atoms with Crippen molar-refractivity contribution in [2.45, 2.75) is 40.7 Å². The number of urea groups is 1. The Morgan fingerprint density at radius 1 is 1.35 bits per heavy atom. The molecule has 7 nitrogen and oxygen atoms in total. The molecular formula is C13H21N3O4. The van der Waals surface area contributed by atoms with E-state index < -0.39 is 17.4 Å². The van der Waals surface area contributed by atoms with E-state index in [0.29, 0.717) is 18.1 Å². The maximum Gasteiger partial charge on any atom is 0.315 e. The number of aliphatic carboxylic acids is 1. The van der Waals surface area contributed by atoms with E-state index >= 15 is 0 Å². The van der Waals surface area contributed by atoms with Gasteiger partial charge in [-0.15, -0.1) is 0 Å². The number of aromatic nitrogens is 1. The van der Waals surface area contributed by atoms with Crippen LogP contribution in [0.4, 0.5) is 4.79 Å². The van der Waals surface area contributed by atoms with Crippen LogP contribution in [0.3, 0.4) is 0 Å². The monoisotopic (exact) mass is 283 g/mol. The van der Waals surface area contributed by atoms with Crippen molar-refractivity contribution in [2.24, 2.45) is 5.41 Å². The molecule has 20 heavy (non-hydrogen) atoms. The zero-order chi connectivity index (χ0) is 15.3. The third kappa shape index (κ3) is 3.97. The van der Waals surface area contributed by atoms with Gasteiger partial charge < -0.3 is 20.2 Å². The van der Waals surface area contributed by atoms with Crippen LogP contribution < -0.4 is 10.6 Å². The number of amides is 2. The number of carbonyl (C=O) groups excluding carboxylic acids is 1. The van der Waals surface area contributed by atoms with Crippen molar-refractivity contribution in [1.29, 1.82) is 0 Å². The van der Waals surface area contributed by atoms with Gasteiger partial charge in [0, 0.05) is 6.54 Å². The van der Waals surface area contributed by atoms with Gasteiger partial charge in [-0.3, -0.25) is 4.79 Å². The first kappa shape index (κ1) is 16.0. The zero-order valence-electron chi connectivity index (χ0n) is 12.2. The summed E-state index contributed by atoms with van der Waals surface area (Å²) in [6, 6.07) is -0.445. The minimum atomic E-state index is -0.965. The first-order chi connectivity index (χ1) is 9.28. The molecule has 7 heteroatoms. The van der Waals surface area contributed by atoms with Gasteiger partial charge in [-0.2, -0.15) is 0 Å². The molecule has 1 aromatic rings. The highest BCUT2D eigenvalue weighted by Crippen LogP contribution is 2.19. The van der Waals surface area contributed by atoms with Gasteiger partial charge in [0.05, 0.1) is 17.7 Å². The fourth-order valence-corrected chi connectivity index (χ4v) is 1.46. The molecule has 0 aliphatic rings. The lowest BCUT2D eigenvalue weighted by Crippen LogP contribution is -2.44. The van der Waals surface area contributed by atoms with Gasteiger partial charge in [0.15, 0.2) is 0 Å². The predicted molar refractivity (Wildman–Crippen MR) is 72.2 cm³/mol. The van der Waals surface area contributed by atoms with Crippen molar-refractivity contribution in [3.63, 3.8) is 0 Å². The molecule has 3 N–H and O–H groups in total. The summed E-state index contributed by atoms with van der Waals surface area (Å²) >= 11 is 0. The van der Waals surface area contributed by atoms with E-state index in [1.165, 1.54) is 0 Å². The van der Waals surface area contributed by atoms with E-state index in [1.54, 1.807) is 20.8 Å². The van der Waals surface area contributed by atoms with E-state index in [9.17, 15) is 9.59 Å². The number of rotatable bonds is 6. The van der Waals surface area contributed by atoms with Crippen molar-refractivity contribution in [3.8, 4) is 0 Å². The fourth-order valence-electron chi connectivity index (χ4n) is 1.46. The van der Waals surface area contributed by atoms with Crippen LogP contribution in [0.2, 0.25) is 0 Å². The van der Waals surface area contributed by atoms with Gasteiger partial charge in [0.1, 0.15) is 5.76 Å². The SMILES string of the molecule is CCC(C)(CNC(=O)NCc1nc(C)c(C)o1)C(=O)O. The van der Waals surface area contributed by atoms with Crippen LogP contribution in [0.15, 0.2) is 4.42 Å². The summed E-state index contributed by atoms with van der Waals surface area (Å²) < 4.78 is 5.32. The summed E-state index contributed by atoms with van der Waals surface area (Å²) in [6.45, 7) is 7.21. The van der Waals surface area contributed by atoms with Gasteiger partial charge in [0.2, 0.25) is 5.89 Å². The Balaban J connectivity index is 2.43. The van der Waals surface area contributed by atoms with Crippen LogP contribution in [0.5, 0.6) is 0 Å². The number of nitrogens with zero attached hydrogens (tertiary/aromatic N) is 1. The van der Waals surface area contributed by atoms with E-state index in [-0.39, 0.29) is 13.1 Å². The third-order valence-corrected chi connectivity index (χ3v) is 3.41. The summed E-state index contributed by atoms with van der Waals surface area (Å²) in [5.41, 5.74) is -0.181. The van der Waals surface area contributed by atoms with Gasteiger partial charge >= 0.3 is 12.0 Å². The predicted octanol–water partition coefficient (Wildman–Crippen LogP) is 1.59. The molecule has 112 valence electrons. The summed E-state index contributed by atoms with van der Waals surface area (Å²) in [5, 5.41) is 14.2. The molecule has 1 unspecified atom stereocenters. The number of nitrogens with one attached hydrogen (secondary N) is 2. The lowest BCUT2D eigenvalue weighted by Gasteiger charge is -2.23. The molecule has 0 fully saturated rings. The molecule has 1 rings (SSSR count). The molecule has 0 radical (unpaired) electrons. The van der Waals surface area contributed by atoms with Crippen LogP contribution in [-0.2, 0) is 11.3 Å². The Kier molecular flexibility index (Phi) is 5.12. The average Bonchev–Trinajstić information content (AvgIpc) is 2.72. The van der Waals surface area contributed by atoms with Crippen LogP contribution in [0, 0.1) is 19.3 Å². The molecule has 0 aliphatic carbocycles. The number of carbonyl (C=O) groups is 2. The summed E-state index contributed by atoms with van der Waals surface area (Å²) in [5.74, 6) is 0.206. The van der Waals surface area contributed by atoms with Crippen LogP contribution in [-0.4, -0.2) is 28.6 Å². The van der Waals surface area contributed by atoms with E-state index in [4.69, 9.17) is 9.52 Å². The van der Waals surface area contributed by atoms with Crippen LogP contribution in [0.25, 0.3) is 0 Å². The van der Waals surface area contributed by atoms with Gasteiger partial charge in [-0.05, 0) is 27.2 Å². The second-order valence-electron chi connectivity index (χ2n) is 5.00. The average molecular weight is 283 g/mol. The highest BCUT2D eigenvalue weighted by molar-refractivity contribution is 5.77. The minimum Gasteiger partial charge on any atom is -0.481 e. The van der Waals surface area contributed by atoms with Crippen LogP contribution >= 0.6 is 0 Å². The molecule has 1 atom stereocenters. The third-order valence-electron chi connectivity index (χ3n) is 3.41. The van der Waals surface area contributed by atoms with Crippen molar-refractivity contribution in [1.82, 2.24) is 15.6 Å². The smallest absolute Gasteiger partial charge is 0.315 e. The lowest BCUT2D eigenvalue weighted by atomic mass is 9.88. The Morgan fingerprint density at radius 3 is 2.45 bits per heavy atom. The topological polar surface area (TPSA) is 104 Å². The van der Waals surface area contributed by atoms with Crippen molar-refractivity contribution >= 4 is 12.0 Å². The Hall–Kier alpha value is -2.05. The van der Waals surface area contributed by atoms with Gasteiger partial charge in [-0.1, -0.05) is 6.92 Å². The molecule has 0 aliphatic heterocycles. The highest BCUT2D eigenvalue weighted by Gasteiger charge is 2.31. The number of oxazole rings is 1. The zero-order valence-corrected chi connectivity index (χ0v) is 12.2. The number of hydrogen-bond acceptors (Lipinski definition) is 4. The van der Waals surface area contributed by atoms with Crippen molar-refractivity contribution < 1.29 is 19.1 Å². The standard InChI is InChI=1S/C13H21N3O4/c1-5-13(4,11(17)18)7-15-12(19)14-6-10-16-8(2)9(3)20-10/h5-7H2,1-4H3,(H,17,18)(H2,14,15,19). The molecule has 0 bridgehead atoms. The molecule has 2 amide bonds.